The summed E-state index contributed by atoms with van der Waals surface area (Å²) >= 11 is 0. The summed E-state index contributed by atoms with van der Waals surface area (Å²) in [5, 5.41) is 3.52. The van der Waals surface area contributed by atoms with Crippen molar-refractivity contribution in [1.29, 1.82) is 0 Å². The summed E-state index contributed by atoms with van der Waals surface area (Å²) in [7, 11) is 0. The van der Waals surface area contributed by atoms with Crippen LogP contribution in [0.15, 0.2) is 18.2 Å². The molecule has 0 saturated heterocycles. The molecule has 1 aliphatic heterocycles. The zero-order valence-electron chi connectivity index (χ0n) is 12.7. The molecule has 2 heteroatoms. The molecule has 0 amide bonds. The van der Waals surface area contributed by atoms with Crippen LogP contribution in [0.5, 0.6) is 0 Å². The molecule has 0 fully saturated rings. The molecule has 2 rings (SSSR count). The standard InChI is InChI=1S/C17H28N2/c1-4-5-6-12-19(14(2)3)17-9-7-8-15-10-11-18-13-16(15)17/h7-9,14,18H,4-6,10-13H2,1-3H3. The number of hydrogen-bond acceptors (Lipinski definition) is 2. The van der Waals surface area contributed by atoms with Crippen molar-refractivity contribution >= 4 is 5.69 Å². The van der Waals surface area contributed by atoms with E-state index in [-0.39, 0.29) is 0 Å². The fourth-order valence-electron chi connectivity index (χ4n) is 2.95. The minimum Gasteiger partial charge on any atom is -0.369 e. The number of rotatable bonds is 6. The Kier molecular flexibility index (Phi) is 5.26. The van der Waals surface area contributed by atoms with E-state index in [1.807, 2.05) is 0 Å². The second-order valence-corrected chi connectivity index (χ2v) is 5.84. The van der Waals surface area contributed by atoms with E-state index in [0.29, 0.717) is 6.04 Å². The fraction of sp³-hybridized carbons (Fsp3) is 0.647. The zero-order valence-corrected chi connectivity index (χ0v) is 12.7. The van der Waals surface area contributed by atoms with Crippen molar-refractivity contribution in [3.8, 4) is 0 Å². The molecule has 19 heavy (non-hydrogen) atoms. The van der Waals surface area contributed by atoms with Crippen molar-refractivity contribution in [3.63, 3.8) is 0 Å². The Hall–Kier alpha value is -1.02. The first-order valence-corrected chi connectivity index (χ1v) is 7.82. The Labute approximate surface area is 118 Å². The van der Waals surface area contributed by atoms with Crippen LogP contribution in [0.4, 0.5) is 5.69 Å². The van der Waals surface area contributed by atoms with E-state index in [1.54, 1.807) is 0 Å². The monoisotopic (exact) mass is 260 g/mol. The summed E-state index contributed by atoms with van der Waals surface area (Å²) in [6.45, 7) is 10.2. The predicted molar refractivity (Wildman–Crippen MR) is 83.9 cm³/mol. The molecule has 1 aromatic rings. The molecule has 0 radical (unpaired) electrons. The van der Waals surface area contributed by atoms with Gasteiger partial charge >= 0.3 is 0 Å². The number of nitrogens with one attached hydrogen (secondary N) is 1. The Morgan fingerprint density at radius 3 is 2.84 bits per heavy atom. The highest BCUT2D eigenvalue weighted by atomic mass is 15.2. The van der Waals surface area contributed by atoms with Crippen LogP contribution in [0, 0.1) is 0 Å². The second-order valence-electron chi connectivity index (χ2n) is 5.84. The van der Waals surface area contributed by atoms with Gasteiger partial charge in [-0.15, -0.1) is 0 Å². The van der Waals surface area contributed by atoms with E-state index in [2.05, 4.69) is 49.2 Å². The molecule has 0 aliphatic carbocycles. The molecular weight excluding hydrogens is 232 g/mol. The maximum atomic E-state index is 3.52. The Bertz CT molecular complexity index is 398. The smallest absolute Gasteiger partial charge is 0.0416 e. The minimum atomic E-state index is 0.574. The van der Waals surface area contributed by atoms with Gasteiger partial charge in [-0.25, -0.2) is 0 Å². The second kappa shape index (κ2) is 6.95. The third-order valence-corrected chi connectivity index (χ3v) is 4.06. The predicted octanol–water partition coefficient (Wildman–Crippen LogP) is 3.74. The highest BCUT2D eigenvalue weighted by Crippen LogP contribution is 2.28. The first-order valence-electron chi connectivity index (χ1n) is 7.82. The SMILES string of the molecule is CCCCCN(c1cccc2c1CNCC2)C(C)C. The molecule has 0 bridgehead atoms. The van der Waals surface area contributed by atoms with Crippen LogP contribution in [0.25, 0.3) is 0 Å². The largest absolute Gasteiger partial charge is 0.369 e. The molecule has 1 aromatic carbocycles. The van der Waals surface area contributed by atoms with Crippen molar-refractivity contribution < 1.29 is 0 Å². The lowest BCUT2D eigenvalue weighted by atomic mass is 9.98. The molecule has 106 valence electrons. The van der Waals surface area contributed by atoms with Gasteiger partial charge in [-0.1, -0.05) is 31.9 Å². The van der Waals surface area contributed by atoms with Gasteiger partial charge in [0.1, 0.15) is 0 Å². The van der Waals surface area contributed by atoms with Gasteiger partial charge in [0.05, 0.1) is 0 Å². The van der Waals surface area contributed by atoms with E-state index >= 15 is 0 Å². The molecule has 0 spiro atoms. The van der Waals surface area contributed by atoms with Gasteiger partial charge < -0.3 is 10.2 Å². The van der Waals surface area contributed by atoms with Crippen LogP contribution in [-0.2, 0) is 13.0 Å². The van der Waals surface area contributed by atoms with Crippen LogP contribution in [0.2, 0.25) is 0 Å². The summed E-state index contributed by atoms with van der Waals surface area (Å²) in [5.41, 5.74) is 4.52. The topological polar surface area (TPSA) is 15.3 Å². The summed E-state index contributed by atoms with van der Waals surface area (Å²) in [6, 6.07) is 7.40. The molecule has 1 N–H and O–H groups in total. The highest BCUT2D eigenvalue weighted by Gasteiger charge is 2.18. The van der Waals surface area contributed by atoms with Crippen molar-refractivity contribution in [1.82, 2.24) is 5.32 Å². The molecule has 0 saturated carbocycles. The number of nitrogens with zero attached hydrogens (tertiary/aromatic N) is 1. The number of hydrogen-bond donors (Lipinski definition) is 1. The van der Waals surface area contributed by atoms with Crippen LogP contribution >= 0.6 is 0 Å². The Morgan fingerprint density at radius 1 is 1.26 bits per heavy atom. The third-order valence-electron chi connectivity index (χ3n) is 4.06. The molecule has 0 atom stereocenters. The van der Waals surface area contributed by atoms with Gasteiger partial charge in [-0.05, 0) is 50.4 Å². The maximum Gasteiger partial charge on any atom is 0.0416 e. The van der Waals surface area contributed by atoms with Crippen molar-refractivity contribution in [3.05, 3.63) is 29.3 Å². The van der Waals surface area contributed by atoms with E-state index in [9.17, 15) is 0 Å². The summed E-state index contributed by atoms with van der Waals surface area (Å²) in [6.07, 6.45) is 5.09. The van der Waals surface area contributed by atoms with Crippen molar-refractivity contribution in [2.45, 2.75) is 59.0 Å². The van der Waals surface area contributed by atoms with Crippen molar-refractivity contribution in [2.75, 3.05) is 18.0 Å². The first kappa shape index (κ1) is 14.4. The van der Waals surface area contributed by atoms with E-state index in [1.165, 1.54) is 49.0 Å². The molecule has 0 aromatic heterocycles. The lowest BCUT2D eigenvalue weighted by Gasteiger charge is -2.33. The van der Waals surface area contributed by atoms with Crippen LogP contribution < -0.4 is 10.2 Å². The fourth-order valence-corrected chi connectivity index (χ4v) is 2.95. The number of fused-ring (bicyclic) bond motifs is 1. The van der Waals surface area contributed by atoms with Crippen LogP contribution in [-0.4, -0.2) is 19.1 Å². The van der Waals surface area contributed by atoms with Crippen molar-refractivity contribution in [2.24, 2.45) is 0 Å². The first-order chi connectivity index (χ1) is 9.24. The van der Waals surface area contributed by atoms with E-state index < -0.39 is 0 Å². The Morgan fingerprint density at radius 2 is 2.11 bits per heavy atom. The zero-order chi connectivity index (χ0) is 13.7. The van der Waals surface area contributed by atoms with Gasteiger partial charge in [0.25, 0.3) is 0 Å². The van der Waals surface area contributed by atoms with Crippen LogP contribution in [0.3, 0.4) is 0 Å². The highest BCUT2D eigenvalue weighted by molar-refractivity contribution is 5.58. The van der Waals surface area contributed by atoms with Gasteiger partial charge in [0.2, 0.25) is 0 Å². The molecule has 0 unspecified atom stereocenters. The van der Waals surface area contributed by atoms with Crippen LogP contribution in [0.1, 0.15) is 51.2 Å². The third kappa shape index (κ3) is 3.50. The lowest BCUT2D eigenvalue weighted by Crippen LogP contribution is -2.34. The summed E-state index contributed by atoms with van der Waals surface area (Å²) in [5.74, 6) is 0. The van der Waals surface area contributed by atoms with E-state index in [0.717, 1.165) is 13.1 Å². The quantitative estimate of drug-likeness (QED) is 0.784. The molecule has 1 heterocycles. The summed E-state index contributed by atoms with van der Waals surface area (Å²) in [4.78, 5) is 2.58. The lowest BCUT2D eigenvalue weighted by molar-refractivity contribution is 0.607. The number of anilines is 1. The maximum absolute atomic E-state index is 3.52. The van der Waals surface area contributed by atoms with E-state index in [4.69, 9.17) is 0 Å². The number of unbranched alkanes of at least 4 members (excludes halogenated alkanes) is 2. The van der Waals surface area contributed by atoms with Gasteiger partial charge in [-0.3, -0.25) is 0 Å². The molecule has 2 nitrogen and oxygen atoms in total. The van der Waals surface area contributed by atoms with Gasteiger partial charge in [0.15, 0.2) is 0 Å². The Balaban J connectivity index is 2.21. The minimum absolute atomic E-state index is 0.574. The average Bonchev–Trinajstić information content (AvgIpc) is 2.43. The molecule has 1 aliphatic rings. The number of benzene rings is 1. The summed E-state index contributed by atoms with van der Waals surface area (Å²) < 4.78 is 0. The average molecular weight is 260 g/mol. The van der Waals surface area contributed by atoms with Gasteiger partial charge in [0, 0.05) is 24.8 Å². The molecular formula is C17H28N2. The normalized spacial score (nSPS) is 14.5. The van der Waals surface area contributed by atoms with Gasteiger partial charge in [-0.2, -0.15) is 0 Å².